The monoisotopic (exact) mass is 225 g/mol. The van der Waals surface area contributed by atoms with Crippen LogP contribution in [0.2, 0.25) is 0 Å². The zero-order chi connectivity index (χ0) is 12.1. The van der Waals surface area contributed by atoms with Crippen molar-refractivity contribution < 1.29 is 9.13 Å². The fraction of sp³-hybridized carbons (Fsp3) is 0.538. The number of anilines is 1. The van der Waals surface area contributed by atoms with Gasteiger partial charge in [0.25, 0.3) is 0 Å². The first-order valence-electron chi connectivity index (χ1n) is 5.56. The van der Waals surface area contributed by atoms with E-state index < -0.39 is 0 Å². The molecule has 1 unspecified atom stereocenters. The summed E-state index contributed by atoms with van der Waals surface area (Å²) in [6.07, 6.45) is 0. The number of ether oxygens (including phenoxy) is 1. The third kappa shape index (κ3) is 3.20. The molecule has 0 bridgehead atoms. The van der Waals surface area contributed by atoms with E-state index in [9.17, 15) is 4.39 Å². The summed E-state index contributed by atoms with van der Waals surface area (Å²) in [5.74, 6) is 0.257. The van der Waals surface area contributed by atoms with Crippen molar-refractivity contribution in [2.75, 3.05) is 19.0 Å². The zero-order valence-corrected chi connectivity index (χ0v) is 10.4. The smallest absolute Gasteiger partial charge is 0.128 e. The SMILES string of the molecule is COCC(Nc1cccc(F)c1C)C(C)C. The lowest BCUT2D eigenvalue weighted by atomic mass is 10.0. The van der Waals surface area contributed by atoms with Crippen LogP contribution in [0.3, 0.4) is 0 Å². The van der Waals surface area contributed by atoms with Crippen molar-refractivity contribution in [3.8, 4) is 0 Å². The number of halogens is 1. The minimum Gasteiger partial charge on any atom is -0.383 e. The Morgan fingerprint density at radius 3 is 2.62 bits per heavy atom. The number of methoxy groups -OCH3 is 1. The van der Waals surface area contributed by atoms with Gasteiger partial charge in [-0.1, -0.05) is 19.9 Å². The van der Waals surface area contributed by atoms with E-state index >= 15 is 0 Å². The average Bonchev–Trinajstić information content (AvgIpc) is 2.23. The molecule has 1 aromatic rings. The van der Waals surface area contributed by atoms with Gasteiger partial charge in [-0.3, -0.25) is 0 Å². The lowest BCUT2D eigenvalue weighted by Crippen LogP contribution is -2.30. The molecule has 2 nitrogen and oxygen atoms in total. The molecule has 1 rings (SSSR count). The first kappa shape index (κ1) is 13.0. The van der Waals surface area contributed by atoms with Crippen LogP contribution in [-0.2, 0) is 4.74 Å². The molecule has 0 fully saturated rings. The third-order valence-corrected chi connectivity index (χ3v) is 2.76. The molecule has 16 heavy (non-hydrogen) atoms. The van der Waals surface area contributed by atoms with E-state index in [1.54, 1.807) is 20.1 Å². The lowest BCUT2D eigenvalue weighted by Gasteiger charge is -2.23. The Hall–Kier alpha value is -1.09. The van der Waals surface area contributed by atoms with Crippen molar-refractivity contribution in [3.05, 3.63) is 29.6 Å². The summed E-state index contributed by atoms with van der Waals surface area (Å²) >= 11 is 0. The maximum Gasteiger partial charge on any atom is 0.128 e. The van der Waals surface area contributed by atoms with Crippen molar-refractivity contribution in [3.63, 3.8) is 0 Å². The lowest BCUT2D eigenvalue weighted by molar-refractivity contribution is 0.171. The van der Waals surface area contributed by atoms with Gasteiger partial charge in [0.2, 0.25) is 0 Å². The van der Waals surface area contributed by atoms with Crippen molar-refractivity contribution in [1.29, 1.82) is 0 Å². The standard InChI is InChI=1S/C13H20FNO/c1-9(2)13(8-16-4)15-12-7-5-6-11(14)10(12)3/h5-7,9,13,15H,8H2,1-4H3. The van der Waals surface area contributed by atoms with E-state index in [-0.39, 0.29) is 11.9 Å². The number of nitrogens with one attached hydrogen (secondary N) is 1. The van der Waals surface area contributed by atoms with Crippen LogP contribution >= 0.6 is 0 Å². The Morgan fingerprint density at radius 2 is 2.06 bits per heavy atom. The van der Waals surface area contributed by atoms with Gasteiger partial charge in [0.1, 0.15) is 5.82 Å². The van der Waals surface area contributed by atoms with Crippen molar-refractivity contribution in [2.24, 2.45) is 5.92 Å². The molecule has 0 heterocycles. The molecular weight excluding hydrogens is 205 g/mol. The number of rotatable bonds is 5. The fourth-order valence-electron chi connectivity index (χ4n) is 1.54. The molecule has 0 aliphatic carbocycles. The maximum atomic E-state index is 13.3. The molecule has 0 radical (unpaired) electrons. The normalized spacial score (nSPS) is 12.9. The molecule has 1 aromatic carbocycles. The molecule has 0 saturated heterocycles. The minimum absolute atomic E-state index is 0.176. The topological polar surface area (TPSA) is 21.3 Å². The molecule has 0 saturated carbocycles. The molecular formula is C13H20FNO. The molecule has 1 atom stereocenters. The summed E-state index contributed by atoms with van der Waals surface area (Å²) in [5.41, 5.74) is 1.50. The highest BCUT2D eigenvalue weighted by Crippen LogP contribution is 2.20. The van der Waals surface area contributed by atoms with Crippen LogP contribution < -0.4 is 5.32 Å². The Bertz CT molecular complexity index is 339. The second-order valence-electron chi connectivity index (χ2n) is 4.36. The van der Waals surface area contributed by atoms with E-state index in [1.165, 1.54) is 6.07 Å². The van der Waals surface area contributed by atoms with Gasteiger partial charge in [-0.2, -0.15) is 0 Å². The quantitative estimate of drug-likeness (QED) is 0.830. The van der Waals surface area contributed by atoms with Crippen molar-refractivity contribution in [1.82, 2.24) is 0 Å². The van der Waals surface area contributed by atoms with E-state index in [1.807, 2.05) is 6.07 Å². The molecule has 0 spiro atoms. The third-order valence-electron chi connectivity index (χ3n) is 2.76. The van der Waals surface area contributed by atoms with Crippen LogP contribution in [0.25, 0.3) is 0 Å². The van der Waals surface area contributed by atoms with E-state index in [0.717, 1.165) is 5.69 Å². The van der Waals surface area contributed by atoms with Crippen LogP contribution in [0.4, 0.5) is 10.1 Å². The predicted octanol–water partition coefficient (Wildman–Crippen LogP) is 3.22. The summed E-state index contributed by atoms with van der Waals surface area (Å²) in [7, 11) is 1.68. The van der Waals surface area contributed by atoms with E-state index in [4.69, 9.17) is 4.74 Å². The van der Waals surface area contributed by atoms with Gasteiger partial charge in [-0.15, -0.1) is 0 Å². The van der Waals surface area contributed by atoms with E-state index in [2.05, 4.69) is 19.2 Å². The van der Waals surface area contributed by atoms with Crippen LogP contribution in [0.5, 0.6) is 0 Å². The van der Waals surface area contributed by atoms with Crippen LogP contribution in [0, 0.1) is 18.7 Å². The highest BCUT2D eigenvalue weighted by atomic mass is 19.1. The largest absolute Gasteiger partial charge is 0.383 e. The Balaban J connectivity index is 2.81. The summed E-state index contributed by atoms with van der Waals surface area (Å²) in [6, 6.07) is 5.28. The summed E-state index contributed by atoms with van der Waals surface area (Å²) < 4.78 is 18.5. The summed E-state index contributed by atoms with van der Waals surface area (Å²) in [5, 5.41) is 3.32. The average molecular weight is 225 g/mol. The predicted molar refractivity (Wildman–Crippen MR) is 65.3 cm³/mol. The van der Waals surface area contributed by atoms with Gasteiger partial charge >= 0.3 is 0 Å². The second-order valence-corrected chi connectivity index (χ2v) is 4.36. The number of hydrogen-bond donors (Lipinski definition) is 1. The summed E-state index contributed by atoms with van der Waals surface area (Å²) in [4.78, 5) is 0. The molecule has 0 amide bonds. The second kappa shape index (κ2) is 5.85. The van der Waals surface area contributed by atoms with Gasteiger partial charge < -0.3 is 10.1 Å². The van der Waals surface area contributed by atoms with Gasteiger partial charge in [0.15, 0.2) is 0 Å². The number of benzene rings is 1. The Morgan fingerprint density at radius 1 is 1.38 bits per heavy atom. The molecule has 3 heteroatoms. The number of hydrogen-bond acceptors (Lipinski definition) is 2. The highest BCUT2D eigenvalue weighted by molar-refractivity contribution is 5.51. The van der Waals surface area contributed by atoms with Crippen LogP contribution in [0.1, 0.15) is 19.4 Å². The van der Waals surface area contributed by atoms with E-state index in [0.29, 0.717) is 18.1 Å². The Labute approximate surface area is 96.8 Å². The van der Waals surface area contributed by atoms with Gasteiger partial charge in [-0.05, 0) is 25.0 Å². The van der Waals surface area contributed by atoms with Crippen molar-refractivity contribution in [2.45, 2.75) is 26.8 Å². The molecule has 1 N–H and O–H groups in total. The first-order valence-corrected chi connectivity index (χ1v) is 5.56. The maximum absolute atomic E-state index is 13.3. The summed E-state index contributed by atoms with van der Waals surface area (Å²) in [6.45, 7) is 6.63. The van der Waals surface area contributed by atoms with Gasteiger partial charge in [0.05, 0.1) is 12.6 Å². The van der Waals surface area contributed by atoms with Crippen LogP contribution in [-0.4, -0.2) is 19.8 Å². The molecule has 0 aromatic heterocycles. The zero-order valence-electron chi connectivity index (χ0n) is 10.4. The van der Waals surface area contributed by atoms with Gasteiger partial charge in [0, 0.05) is 18.4 Å². The molecule has 0 aliphatic rings. The molecule has 0 aliphatic heterocycles. The van der Waals surface area contributed by atoms with Crippen molar-refractivity contribution >= 4 is 5.69 Å². The first-order chi connectivity index (χ1) is 7.56. The minimum atomic E-state index is -0.176. The fourth-order valence-corrected chi connectivity index (χ4v) is 1.54. The Kier molecular flexibility index (Phi) is 4.74. The highest BCUT2D eigenvalue weighted by Gasteiger charge is 2.14. The van der Waals surface area contributed by atoms with Gasteiger partial charge in [-0.25, -0.2) is 4.39 Å². The molecule has 90 valence electrons. The van der Waals surface area contributed by atoms with Crippen LogP contribution in [0.15, 0.2) is 18.2 Å².